The van der Waals surface area contributed by atoms with E-state index in [2.05, 4.69) is 22.6 Å². The summed E-state index contributed by atoms with van der Waals surface area (Å²) in [5, 5.41) is 6.26. The molecule has 20 heavy (non-hydrogen) atoms. The summed E-state index contributed by atoms with van der Waals surface area (Å²) >= 11 is 0. The first-order valence-corrected chi connectivity index (χ1v) is 7.23. The predicted molar refractivity (Wildman–Crippen MR) is 83.0 cm³/mol. The van der Waals surface area contributed by atoms with Crippen molar-refractivity contribution in [1.29, 1.82) is 0 Å². The first-order chi connectivity index (χ1) is 9.60. The van der Waals surface area contributed by atoms with Crippen molar-refractivity contribution in [3.05, 3.63) is 23.8 Å². The molecule has 1 aromatic rings. The molecule has 1 heterocycles. The minimum absolute atomic E-state index is 0.0787. The van der Waals surface area contributed by atoms with Crippen LogP contribution in [0.5, 0.6) is 0 Å². The van der Waals surface area contributed by atoms with Crippen LogP contribution in [-0.2, 0) is 0 Å². The highest BCUT2D eigenvalue weighted by atomic mass is 16.1. The summed E-state index contributed by atoms with van der Waals surface area (Å²) in [5.74, 6) is -0.0787. The summed E-state index contributed by atoms with van der Waals surface area (Å²) in [7, 11) is 2.14. The Morgan fingerprint density at radius 1 is 1.40 bits per heavy atom. The first kappa shape index (κ1) is 14.7. The monoisotopic (exact) mass is 276 g/mol. The highest BCUT2D eigenvalue weighted by Gasteiger charge is 2.17. The average Bonchev–Trinajstić information content (AvgIpc) is 2.43. The van der Waals surface area contributed by atoms with Gasteiger partial charge in [-0.15, -0.1) is 0 Å². The molecule has 1 aromatic carbocycles. The van der Waals surface area contributed by atoms with Crippen LogP contribution in [0.4, 0.5) is 11.4 Å². The number of anilines is 2. The van der Waals surface area contributed by atoms with E-state index in [1.807, 2.05) is 19.1 Å². The van der Waals surface area contributed by atoms with Gasteiger partial charge >= 0.3 is 0 Å². The number of carbonyl (C=O) groups is 1. The lowest BCUT2D eigenvalue weighted by Gasteiger charge is -2.30. The first-order valence-electron chi connectivity index (χ1n) is 7.23. The molecule has 1 fully saturated rings. The molecule has 1 aliphatic rings. The molecule has 4 N–H and O–H groups in total. The van der Waals surface area contributed by atoms with Crippen molar-refractivity contribution in [1.82, 2.24) is 10.2 Å². The summed E-state index contributed by atoms with van der Waals surface area (Å²) in [5.41, 5.74) is 8.21. The van der Waals surface area contributed by atoms with E-state index in [4.69, 9.17) is 5.73 Å². The standard InChI is InChI=1S/C15H24N4O/c1-3-17-15(20)11-4-5-14(13(16)10-11)18-12-6-8-19(2)9-7-12/h4-5,10,12,18H,3,6-9,16H2,1-2H3,(H,17,20). The van der Waals surface area contributed by atoms with Crippen LogP contribution in [0.1, 0.15) is 30.1 Å². The number of amides is 1. The normalized spacial score (nSPS) is 16.9. The lowest BCUT2D eigenvalue weighted by atomic mass is 10.0. The van der Waals surface area contributed by atoms with Gasteiger partial charge in [0.25, 0.3) is 5.91 Å². The number of nitrogen functional groups attached to an aromatic ring is 1. The molecule has 0 unspecified atom stereocenters. The Labute approximate surface area is 120 Å². The average molecular weight is 276 g/mol. The molecule has 2 rings (SSSR count). The Hall–Kier alpha value is -1.75. The third kappa shape index (κ3) is 3.63. The number of hydrogen-bond donors (Lipinski definition) is 3. The van der Waals surface area contributed by atoms with Crippen molar-refractivity contribution in [2.45, 2.75) is 25.8 Å². The Balaban J connectivity index is 2.00. The van der Waals surface area contributed by atoms with Gasteiger partial charge < -0.3 is 21.3 Å². The number of hydrogen-bond acceptors (Lipinski definition) is 4. The molecule has 0 saturated carbocycles. The van der Waals surface area contributed by atoms with Gasteiger partial charge in [-0.25, -0.2) is 0 Å². The molecular weight excluding hydrogens is 252 g/mol. The third-order valence-electron chi connectivity index (χ3n) is 3.73. The molecule has 0 aromatic heterocycles. The van der Waals surface area contributed by atoms with E-state index in [0.717, 1.165) is 31.6 Å². The van der Waals surface area contributed by atoms with E-state index in [9.17, 15) is 4.79 Å². The van der Waals surface area contributed by atoms with Crippen LogP contribution in [-0.4, -0.2) is 43.5 Å². The number of nitrogens with one attached hydrogen (secondary N) is 2. The summed E-state index contributed by atoms with van der Waals surface area (Å²) in [6.45, 7) is 4.73. The van der Waals surface area contributed by atoms with Crippen LogP contribution in [0.2, 0.25) is 0 Å². The Kier molecular flexibility index (Phi) is 4.84. The Morgan fingerprint density at radius 3 is 2.70 bits per heavy atom. The summed E-state index contributed by atoms with van der Waals surface area (Å²) < 4.78 is 0. The van der Waals surface area contributed by atoms with E-state index < -0.39 is 0 Å². The molecule has 5 nitrogen and oxygen atoms in total. The number of likely N-dealkylation sites (tertiary alicyclic amines) is 1. The number of nitrogens with zero attached hydrogens (tertiary/aromatic N) is 1. The van der Waals surface area contributed by atoms with Gasteiger partial charge in [-0.05, 0) is 58.1 Å². The fourth-order valence-corrected chi connectivity index (χ4v) is 2.47. The van der Waals surface area contributed by atoms with Crippen molar-refractivity contribution in [2.24, 2.45) is 0 Å². The highest BCUT2D eigenvalue weighted by molar-refractivity contribution is 5.96. The van der Waals surface area contributed by atoms with Gasteiger partial charge in [-0.1, -0.05) is 0 Å². The summed E-state index contributed by atoms with van der Waals surface area (Å²) in [4.78, 5) is 14.1. The Bertz CT molecular complexity index is 467. The van der Waals surface area contributed by atoms with Gasteiger partial charge in [0, 0.05) is 18.2 Å². The molecular formula is C15H24N4O. The zero-order valence-corrected chi connectivity index (χ0v) is 12.3. The number of nitrogens with two attached hydrogens (primary N) is 1. The van der Waals surface area contributed by atoms with E-state index >= 15 is 0 Å². The third-order valence-corrected chi connectivity index (χ3v) is 3.73. The lowest BCUT2D eigenvalue weighted by molar-refractivity contribution is 0.0956. The minimum atomic E-state index is -0.0787. The summed E-state index contributed by atoms with van der Waals surface area (Å²) in [6, 6.07) is 5.92. The van der Waals surface area contributed by atoms with Crippen molar-refractivity contribution in [2.75, 3.05) is 37.7 Å². The van der Waals surface area contributed by atoms with Crippen molar-refractivity contribution < 1.29 is 4.79 Å². The van der Waals surface area contributed by atoms with Gasteiger partial charge in [-0.2, -0.15) is 0 Å². The van der Waals surface area contributed by atoms with Crippen LogP contribution in [0.15, 0.2) is 18.2 Å². The van der Waals surface area contributed by atoms with Crippen LogP contribution in [0.3, 0.4) is 0 Å². The number of benzene rings is 1. The maximum absolute atomic E-state index is 11.7. The van der Waals surface area contributed by atoms with Crippen LogP contribution in [0.25, 0.3) is 0 Å². The van der Waals surface area contributed by atoms with E-state index in [-0.39, 0.29) is 5.91 Å². The number of carbonyl (C=O) groups excluding carboxylic acids is 1. The second-order valence-electron chi connectivity index (χ2n) is 5.38. The molecule has 1 saturated heterocycles. The van der Waals surface area contributed by atoms with Gasteiger partial charge in [0.1, 0.15) is 0 Å². The van der Waals surface area contributed by atoms with Crippen LogP contribution < -0.4 is 16.4 Å². The second kappa shape index (κ2) is 6.61. The fourth-order valence-electron chi connectivity index (χ4n) is 2.47. The maximum Gasteiger partial charge on any atom is 0.251 e. The van der Waals surface area contributed by atoms with Gasteiger partial charge in [0.15, 0.2) is 0 Å². The fraction of sp³-hybridized carbons (Fsp3) is 0.533. The zero-order chi connectivity index (χ0) is 14.5. The zero-order valence-electron chi connectivity index (χ0n) is 12.3. The van der Waals surface area contributed by atoms with Crippen molar-refractivity contribution >= 4 is 17.3 Å². The molecule has 0 bridgehead atoms. The van der Waals surface area contributed by atoms with Gasteiger partial charge in [0.05, 0.1) is 11.4 Å². The largest absolute Gasteiger partial charge is 0.397 e. The van der Waals surface area contributed by atoms with Crippen LogP contribution >= 0.6 is 0 Å². The predicted octanol–water partition coefficient (Wildman–Crippen LogP) is 1.52. The number of piperidine rings is 1. The van der Waals surface area contributed by atoms with Crippen molar-refractivity contribution in [3.8, 4) is 0 Å². The van der Waals surface area contributed by atoms with E-state index in [1.54, 1.807) is 6.07 Å². The van der Waals surface area contributed by atoms with Crippen molar-refractivity contribution in [3.63, 3.8) is 0 Å². The lowest BCUT2D eigenvalue weighted by Crippen LogP contribution is -2.36. The van der Waals surface area contributed by atoms with E-state index in [1.165, 1.54) is 0 Å². The molecule has 0 aliphatic carbocycles. The molecule has 0 atom stereocenters. The topological polar surface area (TPSA) is 70.4 Å². The smallest absolute Gasteiger partial charge is 0.251 e. The molecule has 1 amide bonds. The Morgan fingerprint density at radius 2 is 2.10 bits per heavy atom. The second-order valence-corrected chi connectivity index (χ2v) is 5.38. The maximum atomic E-state index is 11.7. The molecule has 110 valence electrons. The van der Waals surface area contributed by atoms with E-state index in [0.29, 0.717) is 23.8 Å². The van der Waals surface area contributed by atoms with Gasteiger partial charge in [0.2, 0.25) is 0 Å². The molecule has 1 aliphatic heterocycles. The van der Waals surface area contributed by atoms with Gasteiger partial charge in [-0.3, -0.25) is 4.79 Å². The minimum Gasteiger partial charge on any atom is -0.397 e. The van der Waals surface area contributed by atoms with Crippen LogP contribution in [0, 0.1) is 0 Å². The number of rotatable bonds is 4. The highest BCUT2D eigenvalue weighted by Crippen LogP contribution is 2.23. The molecule has 0 radical (unpaired) electrons. The summed E-state index contributed by atoms with van der Waals surface area (Å²) in [6.07, 6.45) is 2.24. The SMILES string of the molecule is CCNC(=O)c1ccc(NC2CCN(C)CC2)c(N)c1. The molecule has 5 heteroatoms. The molecule has 0 spiro atoms. The quantitative estimate of drug-likeness (QED) is 0.729.